The third-order valence-electron chi connectivity index (χ3n) is 4.48. The van der Waals surface area contributed by atoms with E-state index in [-0.39, 0.29) is 5.60 Å². The highest BCUT2D eigenvalue weighted by Crippen LogP contribution is 2.45. The zero-order chi connectivity index (χ0) is 14.5. The molecule has 0 saturated heterocycles. The van der Waals surface area contributed by atoms with Gasteiger partial charge in [-0.2, -0.15) is 0 Å². The quantitative estimate of drug-likeness (QED) is 0.791. The number of benzene rings is 2. The number of hydrogen-bond donors (Lipinski definition) is 1. The predicted molar refractivity (Wildman–Crippen MR) is 83.2 cm³/mol. The van der Waals surface area contributed by atoms with Crippen LogP contribution in [0.5, 0.6) is 5.75 Å². The number of nitrogens with two attached hydrogens (primary N) is 1. The first-order valence-electron chi connectivity index (χ1n) is 7.05. The standard InChI is InChI=1S/C18H21NO/c1-11-9-12(2)16-10-18(4,20-17(16)13(11)3)14-5-7-15(19)8-6-14/h5-9H,10,19H2,1-4H3. The number of anilines is 1. The molecule has 1 atom stereocenters. The molecule has 3 rings (SSSR count). The summed E-state index contributed by atoms with van der Waals surface area (Å²) in [5.41, 5.74) is 12.7. The van der Waals surface area contributed by atoms with Crippen molar-refractivity contribution in [2.24, 2.45) is 0 Å². The third kappa shape index (κ3) is 1.87. The van der Waals surface area contributed by atoms with Crippen molar-refractivity contribution >= 4 is 5.69 Å². The van der Waals surface area contributed by atoms with Crippen molar-refractivity contribution in [3.05, 3.63) is 58.1 Å². The van der Waals surface area contributed by atoms with Crippen molar-refractivity contribution in [2.45, 2.75) is 39.7 Å². The molecule has 2 N–H and O–H groups in total. The van der Waals surface area contributed by atoms with E-state index in [9.17, 15) is 0 Å². The summed E-state index contributed by atoms with van der Waals surface area (Å²) >= 11 is 0. The van der Waals surface area contributed by atoms with Crippen LogP contribution < -0.4 is 10.5 Å². The molecule has 104 valence electrons. The van der Waals surface area contributed by atoms with Gasteiger partial charge in [-0.15, -0.1) is 0 Å². The van der Waals surface area contributed by atoms with Crippen LogP contribution in [0.25, 0.3) is 0 Å². The zero-order valence-corrected chi connectivity index (χ0v) is 12.6. The van der Waals surface area contributed by atoms with E-state index in [0.29, 0.717) is 0 Å². The van der Waals surface area contributed by atoms with Crippen LogP contribution in [0.15, 0.2) is 30.3 Å². The first-order valence-corrected chi connectivity index (χ1v) is 7.05. The molecule has 0 bridgehead atoms. The van der Waals surface area contributed by atoms with Gasteiger partial charge in [0.05, 0.1) is 0 Å². The molecule has 1 aliphatic heterocycles. The minimum absolute atomic E-state index is 0.292. The van der Waals surface area contributed by atoms with Gasteiger partial charge in [0.15, 0.2) is 0 Å². The molecular formula is C18H21NO. The van der Waals surface area contributed by atoms with Crippen molar-refractivity contribution in [3.8, 4) is 5.75 Å². The van der Waals surface area contributed by atoms with E-state index in [1.54, 1.807) is 0 Å². The zero-order valence-electron chi connectivity index (χ0n) is 12.6. The van der Waals surface area contributed by atoms with Crippen molar-refractivity contribution in [2.75, 3.05) is 5.73 Å². The molecule has 0 saturated carbocycles. The molecule has 20 heavy (non-hydrogen) atoms. The number of ether oxygens (including phenoxy) is 1. The summed E-state index contributed by atoms with van der Waals surface area (Å²) < 4.78 is 6.37. The Hall–Kier alpha value is -1.96. The normalized spacial score (nSPS) is 20.6. The first kappa shape index (κ1) is 13.0. The van der Waals surface area contributed by atoms with Gasteiger partial charge in [0, 0.05) is 17.7 Å². The highest BCUT2D eigenvalue weighted by molar-refractivity contribution is 5.54. The molecule has 2 heteroatoms. The van der Waals surface area contributed by atoms with E-state index >= 15 is 0 Å². The van der Waals surface area contributed by atoms with Crippen molar-refractivity contribution < 1.29 is 4.74 Å². The monoisotopic (exact) mass is 267 g/mol. The van der Waals surface area contributed by atoms with Crippen LogP contribution in [0, 0.1) is 20.8 Å². The molecule has 0 aromatic heterocycles. The number of hydrogen-bond acceptors (Lipinski definition) is 2. The molecule has 0 radical (unpaired) electrons. The number of nitrogen functional groups attached to an aromatic ring is 1. The summed E-state index contributed by atoms with van der Waals surface area (Å²) in [6.45, 7) is 8.61. The minimum Gasteiger partial charge on any atom is -0.482 e. The van der Waals surface area contributed by atoms with E-state index in [2.05, 4.69) is 45.9 Å². The summed E-state index contributed by atoms with van der Waals surface area (Å²) in [4.78, 5) is 0. The lowest BCUT2D eigenvalue weighted by atomic mass is 9.88. The molecule has 2 aromatic carbocycles. The van der Waals surface area contributed by atoms with Gasteiger partial charge in [0.25, 0.3) is 0 Å². The van der Waals surface area contributed by atoms with Crippen LogP contribution in [0.2, 0.25) is 0 Å². The maximum absolute atomic E-state index is 6.37. The molecule has 0 aliphatic carbocycles. The van der Waals surface area contributed by atoms with Crippen LogP contribution in [0.1, 0.15) is 34.7 Å². The van der Waals surface area contributed by atoms with Crippen molar-refractivity contribution in [1.82, 2.24) is 0 Å². The molecule has 1 unspecified atom stereocenters. The Bertz CT molecular complexity index is 673. The average molecular weight is 267 g/mol. The van der Waals surface area contributed by atoms with Crippen LogP contribution in [-0.4, -0.2) is 0 Å². The Morgan fingerprint density at radius 2 is 1.70 bits per heavy atom. The summed E-state index contributed by atoms with van der Waals surface area (Å²) in [6, 6.07) is 10.3. The van der Waals surface area contributed by atoms with E-state index in [4.69, 9.17) is 10.5 Å². The highest BCUT2D eigenvalue weighted by atomic mass is 16.5. The third-order valence-corrected chi connectivity index (χ3v) is 4.48. The molecule has 0 spiro atoms. The lowest BCUT2D eigenvalue weighted by Crippen LogP contribution is -2.27. The summed E-state index contributed by atoms with van der Waals surface area (Å²) in [5, 5.41) is 0. The van der Waals surface area contributed by atoms with E-state index in [1.807, 2.05) is 12.1 Å². The Morgan fingerprint density at radius 1 is 1.05 bits per heavy atom. The smallest absolute Gasteiger partial charge is 0.135 e. The van der Waals surface area contributed by atoms with Gasteiger partial charge in [-0.25, -0.2) is 0 Å². The predicted octanol–water partition coefficient (Wildman–Crippen LogP) is 4.04. The van der Waals surface area contributed by atoms with Gasteiger partial charge < -0.3 is 10.5 Å². The van der Waals surface area contributed by atoms with Crippen LogP contribution in [-0.2, 0) is 12.0 Å². The summed E-state index contributed by atoms with van der Waals surface area (Å²) in [7, 11) is 0. The van der Waals surface area contributed by atoms with Gasteiger partial charge in [0.1, 0.15) is 11.4 Å². The minimum atomic E-state index is -0.292. The molecule has 1 heterocycles. The summed E-state index contributed by atoms with van der Waals surface area (Å²) in [6.07, 6.45) is 0.916. The number of rotatable bonds is 1. The second kappa shape index (κ2) is 4.27. The number of fused-ring (bicyclic) bond motifs is 1. The van der Waals surface area contributed by atoms with E-state index in [0.717, 1.165) is 17.9 Å². The Morgan fingerprint density at radius 3 is 2.35 bits per heavy atom. The lowest BCUT2D eigenvalue weighted by Gasteiger charge is -2.25. The van der Waals surface area contributed by atoms with E-state index in [1.165, 1.54) is 27.8 Å². The van der Waals surface area contributed by atoms with Gasteiger partial charge in [-0.1, -0.05) is 18.2 Å². The second-order valence-corrected chi connectivity index (χ2v) is 6.07. The van der Waals surface area contributed by atoms with Gasteiger partial charge in [0.2, 0.25) is 0 Å². The molecular weight excluding hydrogens is 246 g/mol. The van der Waals surface area contributed by atoms with Crippen molar-refractivity contribution in [1.29, 1.82) is 0 Å². The van der Waals surface area contributed by atoms with Crippen LogP contribution >= 0.6 is 0 Å². The largest absolute Gasteiger partial charge is 0.482 e. The van der Waals surface area contributed by atoms with Gasteiger partial charge >= 0.3 is 0 Å². The molecule has 0 amide bonds. The highest BCUT2D eigenvalue weighted by Gasteiger charge is 2.38. The molecule has 0 fully saturated rings. The molecule has 2 nitrogen and oxygen atoms in total. The maximum Gasteiger partial charge on any atom is 0.135 e. The van der Waals surface area contributed by atoms with Crippen LogP contribution in [0.4, 0.5) is 5.69 Å². The Labute approximate surface area is 120 Å². The summed E-state index contributed by atoms with van der Waals surface area (Å²) in [5.74, 6) is 1.07. The average Bonchev–Trinajstić information content (AvgIpc) is 2.77. The fraction of sp³-hybridized carbons (Fsp3) is 0.333. The Kier molecular flexibility index (Phi) is 2.79. The number of aryl methyl sites for hydroxylation is 2. The maximum atomic E-state index is 6.37. The molecule has 1 aliphatic rings. The SMILES string of the molecule is Cc1cc(C)c2c(c1C)OC(C)(c1ccc(N)cc1)C2. The molecule has 2 aromatic rings. The van der Waals surface area contributed by atoms with Gasteiger partial charge in [-0.05, 0) is 62.1 Å². The fourth-order valence-electron chi connectivity index (χ4n) is 3.06. The van der Waals surface area contributed by atoms with Gasteiger partial charge in [-0.3, -0.25) is 0 Å². The fourth-order valence-corrected chi connectivity index (χ4v) is 3.06. The Balaban J connectivity index is 2.07. The second-order valence-electron chi connectivity index (χ2n) is 6.07. The van der Waals surface area contributed by atoms with E-state index < -0.39 is 0 Å². The first-order chi connectivity index (χ1) is 9.40. The van der Waals surface area contributed by atoms with Crippen molar-refractivity contribution in [3.63, 3.8) is 0 Å². The lowest BCUT2D eigenvalue weighted by molar-refractivity contribution is 0.115. The van der Waals surface area contributed by atoms with Crippen LogP contribution in [0.3, 0.4) is 0 Å². The topological polar surface area (TPSA) is 35.2 Å².